The first-order valence-corrected chi connectivity index (χ1v) is 6.37. The highest BCUT2D eigenvalue weighted by Gasteiger charge is 2.31. The molecule has 1 rings (SSSR count). The molecule has 1 aliphatic rings. The summed E-state index contributed by atoms with van der Waals surface area (Å²) in [5, 5.41) is 3.33. The normalized spacial score (nSPS) is 19.3. The fourth-order valence-electron chi connectivity index (χ4n) is 2.32. The molecule has 17 heavy (non-hydrogen) atoms. The summed E-state index contributed by atoms with van der Waals surface area (Å²) in [6.45, 7) is 9.94. The van der Waals surface area contributed by atoms with Gasteiger partial charge in [-0.05, 0) is 59.0 Å². The average molecular weight is 264 g/mol. The first-order chi connectivity index (χ1) is 7.44. The fourth-order valence-corrected chi connectivity index (χ4v) is 2.32. The number of hydrogen-bond acceptors (Lipinski definition) is 3. The molecule has 102 valence electrons. The van der Waals surface area contributed by atoms with Gasteiger partial charge in [-0.3, -0.25) is 4.79 Å². The van der Waals surface area contributed by atoms with Crippen molar-refractivity contribution in [3.8, 4) is 0 Å². The second-order valence-corrected chi connectivity index (χ2v) is 5.64. The van der Waals surface area contributed by atoms with Crippen molar-refractivity contribution < 1.29 is 9.53 Å². The fraction of sp³-hybridized carbons (Fsp3) is 0.923. The summed E-state index contributed by atoms with van der Waals surface area (Å²) in [7, 11) is 0. The van der Waals surface area contributed by atoms with E-state index in [0.717, 1.165) is 32.4 Å². The van der Waals surface area contributed by atoms with Crippen LogP contribution in [0.3, 0.4) is 0 Å². The van der Waals surface area contributed by atoms with Gasteiger partial charge in [-0.1, -0.05) is 6.92 Å². The van der Waals surface area contributed by atoms with Crippen molar-refractivity contribution in [2.75, 3.05) is 13.1 Å². The zero-order valence-corrected chi connectivity index (χ0v) is 12.2. The maximum absolute atomic E-state index is 12.0. The van der Waals surface area contributed by atoms with Gasteiger partial charge in [0.25, 0.3) is 0 Å². The number of piperidine rings is 1. The monoisotopic (exact) mass is 263 g/mol. The Morgan fingerprint density at radius 1 is 1.35 bits per heavy atom. The van der Waals surface area contributed by atoms with Gasteiger partial charge in [-0.25, -0.2) is 0 Å². The SMILES string of the molecule is CCC(C(=O)OC(C)(C)C)C1CCNCC1.Cl. The quantitative estimate of drug-likeness (QED) is 0.796. The number of carbonyl (C=O) groups is 1. The van der Waals surface area contributed by atoms with Crippen molar-refractivity contribution in [3.63, 3.8) is 0 Å². The van der Waals surface area contributed by atoms with E-state index in [1.54, 1.807) is 0 Å². The predicted octanol–water partition coefficient (Wildman–Crippen LogP) is 2.78. The van der Waals surface area contributed by atoms with Crippen LogP contribution in [-0.2, 0) is 9.53 Å². The molecule has 0 aromatic rings. The van der Waals surface area contributed by atoms with Crippen LogP contribution in [-0.4, -0.2) is 24.7 Å². The van der Waals surface area contributed by atoms with Crippen LogP contribution in [0.4, 0.5) is 0 Å². The summed E-state index contributed by atoms with van der Waals surface area (Å²) in [5.74, 6) is 0.573. The average Bonchev–Trinajstić information content (AvgIpc) is 2.17. The highest BCUT2D eigenvalue weighted by molar-refractivity contribution is 5.85. The molecule has 1 unspecified atom stereocenters. The molecule has 0 aliphatic carbocycles. The molecular formula is C13H26ClNO2. The summed E-state index contributed by atoms with van der Waals surface area (Å²) in [5.41, 5.74) is -0.364. The highest BCUT2D eigenvalue weighted by Crippen LogP contribution is 2.27. The lowest BCUT2D eigenvalue weighted by Gasteiger charge is -2.31. The molecule has 0 aromatic heterocycles. The van der Waals surface area contributed by atoms with E-state index in [2.05, 4.69) is 12.2 Å². The van der Waals surface area contributed by atoms with E-state index in [9.17, 15) is 4.79 Å². The summed E-state index contributed by atoms with van der Waals surface area (Å²) in [4.78, 5) is 12.0. The van der Waals surface area contributed by atoms with Crippen LogP contribution in [0, 0.1) is 11.8 Å². The maximum atomic E-state index is 12.0. The number of halogens is 1. The zero-order valence-electron chi connectivity index (χ0n) is 11.4. The van der Waals surface area contributed by atoms with Gasteiger partial charge in [0, 0.05) is 0 Å². The van der Waals surface area contributed by atoms with E-state index >= 15 is 0 Å². The van der Waals surface area contributed by atoms with E-state index in [-0.39, 0.29) is 29.9 Å². The zero-order chi connectivity index (χ0) is 12.2. The molecule has 0 amide bonds. The van der Waals surface area contributed by atoms with Crippen molar-refractivity contribution in [1.82, 2.24) is 5.32 Å². The summed E-state index contributed by atoms with van der Waals surface area (Å²) in [6, 6.07) is 0. The van der Waals surface area contributed by atoms with Crippen LogP contribution in [0.5, 0.6) is 0 Å². The summed E-state index contributed by atoms with van der Waals surface area (Å²) >= 11 is 0. The van der Waals surface area contributed by atoms with Gasteiger partial charge in [0.05, 0.1) is 5.92 Å². The van der Waals surface area contributed by atoms with Crippen molar-refractivity contribution in [2.24, 2.45) is 11.8 Å². The number of esters is 1. The number of hydrogen-bond donors (Lipinski definition) is 1. The van der Waals surface area contributed by atoms with Gasteiger partial charge < -0.3 is 10.1 Å². The van der Waals surface area contributed by atoms with Crippen molar-refractivity contribution in [1.29, 1.82) is 0 Å². The minimum absolute atomic E-state index is 0. The molecule has 1 heterocycles. The number of nitrogens with one attached hydrogen (secondary N) is 1. The Bertz CT molecular complexity index is 232. The second-order valence-electron chi connectivity index (χ2n) is 5.64. The largest absolute Gasteiger partial charge is 0.460 e. The third-order valence-corrected chi connectivity index (χ3v) is 3.10. The Kier molecular flexibility index (Phi) is 7.10. The number of ether oxygens (including phenoxy) is 1. The van der Waals surface area contributed by atoms with Crippen LogP contribution < -0.4 is 5.32 Å². The lowest BCUT2D eigenvalue weighted by Crippen LogP contribution is -2.37. The molecule has 1 saturated heterocycles. The minimum Gasteiger partial charge on any atom is -0.460 e. The van der Waals surface area contributed by atoms with Crippen LogP contribution in [0.15, 0.2) is 0 Å². The second kappa shape index (κ2) is 7.22. The van der Waals surface area contributed by atoms with Crippen molar-refractivity contribution >= 4 is 18.4 Å². The first kappa shape index (κ1) is 16.7. The Morgan fingerprint density at radius 3 is 2.29 bits per heavy atom. The Hall–Kier alpha value is -0.280. The third-order valence-electron chi connectivity index (χ3n) is 3.10. The topological polar surface area (TPSA) is 38.3 Å². The first-order valence-electron chi connectivity index (χ1n) is 6.37. The lowest BCUT2D eigenvalue weighted by atomic mass is 9.83. The van der Waals surface area contributed by atoms with E-state index < -0.39 is 0 Å². The summed E-state index contributed by atoms with van der Waals surface area (Å²) in [6.07, 6.45) is 3.08. The molecule has 0 radical (unpaired) electrons. The number of rotatable bonds is 3. The molecule has 1 aliphatic heterocycles. The number of carbonyl (C=O) groups excluding carboxylic acids is 1. The smallest absolute Gasteiger partial charge is 0.309 e. The van der Waals surface area contributed by atoms with E-state index in [0.29, 0.717) is 5.92 Å². The molecular weight excluding hydrogens is 238 g/mol. The van der Waals surface area contributed by atoms with Gasteiger partial charge >= 0.3 is 5.97 Å². The molecule has 0 bridgehead atoms. The van der Waals surface area contributed by atoms with Crippen molar-refractivity contribution in [3.05, 3.63) is 0 Å². The highest BCUT2D eigenvalue weighted by atomic mass is 35.5. The minimum atomic E-state index is -0.364. The van der Waals surface area contributed by atoms with Gasteiger partial charge in [-0.2, -0.15) is 0 Å². The predicted molar refractivity (Wildman–Crippen MR) is 72.5 cm³/mol. The molecule has 0 aromatic carbocycles. The maximum Gasteiger partial charge on any atom is 0.309 e. The van der Waals surface area contributed by atoms with E-state index in [1.165, 1.54) is 0 Å². The van der Waals surface area contributed by atoms with Crippen molar-refractivity contribution in [2.45, 2.75) is 52.6 Å². The Balaban J connectivity index is 0.00000256. The molecule has 0 saturated carbocycles. The van der Waals surface area contributed by atoms with Gasteiger partial charge in [0.15, 0.2) is 0 Å². The molecule has 1 N–H and O–H groups in total. The van der Waals surface area contributed by atoms with Crippen LogP contribution >= 0.6 is 12.4 Å². The van der Waals surface area contributed by atoms with Gasteiger partial charge in [0.1, 0.15) is 5.60 Å². The lowest BCUT2D eigenvalue weighted by molar-refractivity contribution is -0.162. The molecule has 3 nitrogen and oxygen atoms in total. The van der Waals surface area contributed by atoms with E-state index in [1.807, 2.05) is 20.8 Å². The van der Waals surface area contributed by atoms with Gasteiger partial charge in [0.2, 0.25) is 0 Å². The standard InChI is InChI=1S/C13H25NO2.ClH/c1-5-11(10-6-8-14-9-7-10)12(15)16-13(2,3)4;/h10-11,14H,5-9H2,1-4H3;1H. The molecule has 1 atom stereocenters. The van der Waals surface area contributed by atoms with Crippen LogP contribution in [0.1, 0.15) is 47.0 Å². The molecule has 4 heteroatoms. The van der Waals surface area contributed by atoms with Crippen LogP contribution in [0.2, 0.25) is 0 Å². The Labute approximate surface area is 111 Å². The van der Waals surface area contributed by atoms with Crippen LogP contribution in [0.25, 0.3) is 0 Å². The summed E-state index contributed by atoms with van der Waals surface area (Å²) < 4.78 is 5.48. The van der Waals surface area contributed by atoms with E-state index in [4.69, 9.17) is 4.74 Å². The molecule has 1 fully saturated rings. The molecule has 0 spiro atoms. The Morgan fingerprint density at radius 2 is 1.88 bits per heavy atom. The van der Waals surface area contributed by atoms with Gasteiger partial charge in [-0.15, -0.1) is 12.4 Å². The third kappa shape index (κ3) is 5.73.